The first-order chi connectivity index (χ1) is 11.7. The summed E-state index contributed by atoms with van der Waals surface area (Å²) in [5.74, 6) is 1.48. The van der Waals surface area contributed by atoms with Crippen molar-refractivity contribution in [3.05, 3.63) is 54.4 Å². The fourth-order valence-corrected chi connectivity index (χ4v) is 3.45. The highest BCUT2D eigenvalue weighted by Crippen LogP contribution is 2.19. The molecule has 0 unspecified atom stereocenters. The number of hydrogen-bond acceptors (Lipinski definition) is 2. The minimum Gasteiger partial charge on any atom is -0.467 e. The second-order valence-corrected chi connectivity index (χ2v) is 6.59. The molecule has 4 heterocycles. The molecule has 0 aromatic carbocycles. The molecule has 0 amide bonds. The molecule has 5 nitrogen and oxygen atoms in total. The molecule has 4 rings (SSSR count). The Morgan fingerprint density at radius 1 is 1.25 bits per heavy atom. The first-order valence-corrected chi connectivity index (χ1v) is 8.56. The van der Waals surface area contributed by atoms with Crippen LogP contribution in [-0.4, -0.2) is 28.4 Å². The van der Waals surface area contributed by atoms with Crippen LogP contribution in [0.15, 0.2) is 47.5 Å². The number of aromatic nitrogens is 2. The van der Waals surface area contributed by atoms with Gasteiger partial charge in [0.05, 0.1) is 23.0 Å². The first kappa shape index (κ1) is 15.0. The monoisotopic (exact) mass is 323 g/mol. The van der Waals surface area contributed by atoms with Crippen LogP contribution in [0.4, 0.5) is 0 Å². The van der Waals surface area contributed by atoms with Crippen LogP contribution in [0.25, 0.3) is 10.9 Å². The first-order valence-electron chi connectivity index (χ1n) is 8.56. The molecule has 0 bridgehead atoms. The molecule has 1 saturated heterocycles. The van der Waals surface area contributed by atoms with E-state index in [-0.39, 0.29) is 0 Å². The topological polar surface area (TPSA) is 49.0 Å². The van der Waals surface area contributed by atoms with Crippen LogP contribution in [0.3, 0.4) is 0 Å². The van der Waals surface area contributed by atoms with E-state index in [0.29, 0.717) is 12.4 Å². The Hall–Kier alpha value is -2.56. The van der Waals surface area contributed by atoms with Crippen molar-refractivity contribution in [1.82, 2.24) is 9.47 Å². The number of nitrogens with one attached hydrogen (secondary N) is 1. The minimum absolute atomic E-state index is 0.592. The van der Waals surface area contributed by atoms with Crippen molar-refractivity contribution in [1.29, 1.82) is 5.41 Å². The van der Waals surface area contributed by atoms with Gasteiger partial charge >= 0.3 is 0 Å². The molecule has 0 radical (unpaired) electrons. The summed E-state index contributed by atoms with van der Waals surface area (Å²) in [4.78, 5) is 2.16. The second kappa shape index (κ2) is 6.15. The molecule has 1 fully saturated rings. The van der Waals surface area contributed by atoms with Gasteiger partial charge < -0.3 is 13.9 Å². The second-order valence-electron chi connectivity index (χ2n) is 6.59. The third-order valence-corrected chi connectivity index (χ3v) is 4.78. The van der Waals surface area contributed by atoms with E-state index in [2.05, 4.69) is 44.8 Å². The van der Waals surface area contributed by atoms with Crippen LogP contribution in [-0.2, 0) is 13.6 Å². The molecule has 1 aliphatic rings. The smallest absolute Gasteiger partial charge is 0.177 e. The quantitative estimate of drug-likeness (QED) is 0.458. The Morgan fingerprint density at radius 3 is 2.92 bits per heavy atom. The number of fused-ring (bicyclic) bond motifs is 1. The number of nitrogens with zero attached hydrogens (tertiary/aromatic N) is 3. The van der Waals surface area contributed by atoms with Crippen LogP contribution in [0.1, 0.15) is 30.6 Å². The lowest BCUT2D eigenvalue weighted by atomic mass is 10.1. The van der Waals surface area contributed by atoms with Crippen LogP contribution in [0, 0.1) is 5.41 Å². The maximum Gasteiger partial charge on any atom is 0.177 e. The summed E-state index contributed by atoms with van der Waals surface area (Å²) in [6, 6.07) is 6.25. The summed E-state index contributed by atoms with van der Waals surface area (Å²) >= 11 is 0. The van der Waals surface area contributed by atoms with Gasteiger partial charge in [0.25, 0.3) is 0 Å². The van der Waals surface area contributed by atoms with Gasteiger partial charge in [0.1, 0.15) is 24.9 Å². The van der Waals surface area contributed by atoms with Crippen molar-refractivity contribution in [2.75, 3.05) is 13.1 Å². The van der Waals surface area contributed by atoms with Gasteiger partial charge in [-0.25, -0.2) is 4.57 Å². The number of hydrogen-bond donors (Lipinski definition) is 1. The van der Waals surface area contributed by atoms with Crippen LogP contribution >= 0.6 is 0 Å². The maximum absolute atomic E-state index is 8.40. The lowest BCUT2D eigenvalue weighted by Gasteiger charge is -2.28. The van der Waals surface area contributed by atoms with Gasteiger partial charge in [-0.2, -0.15) is 0 Å². The Bertz CT molecular complexity index is 871. The molecular formula is C19H23N4O+. The molecule has 24 heavy (non-hydrogen) atoms. The zero-order chi connectivity index (χ0) is 16.5. The van der Waals surface area contributed by atoms with Crippen molar-refractivity contribution in [3.63, 3.8) is 0 Å². The largest absolute Gasteiger partial charge is 0.467 e. The summed E-state index contributed by atoms with van der Waals surface area (Å²) in [5, 5.41) is 9.61. The van der Waals surface area contributed by atoms with E-state index >= 15 is 0 Å². The number of pyridine rings is 1. The van der Waals surface area contributed by atoms with Crippen molar-refractivity contribution >= 4 is 16.7 Å². The molecule has 1 aliphatic heterocycles. The molecule has 5 heteroatoms. The molecule has 3 aromatic heterocycles. The zero-order valence-corrected chi connectivity index (χ0v) is 14.0. The number of furan rings is 1. The minimum atomic E-state index is 0.592. The normalized spacial score (nSPS) is 15.1. The Balaban J connectivity index is 1.53. The van der Waals surface area contributed by atoms with Crippen molar-refractivity contribution < 1.29 is 8.98 Å². The number of piperidine rings is 1. The third-order valence-electron chi connectivity index (χ3n) is 4.78. The molecule has 0 atom stereocenters. The van der Waals surface area contributed by atoms with E-state index in [1.54, 1.807) is 6.26 Å². The number of likely N-dealkylation sites (tertiary alicyclic amines) is 1. The summed E-state index contributed by atoms with van der Waals surface area (Å²) in [6.07, 6.45) is 11.6. The molecule has 1 N–H and O–H groups in total. The molecular weight excluding hydrogens is 300 g/mol. The number of amidine groups is 1. The van der Waals surface area contributed by atoms with Crippen LogP contribution in [0.2, 0.25) is 0 Å². The lowest BCUT2D eigenvalue weighted by molar-refractivity contribution is -0.670. The van der Waals surface area contributed by atoms with E-state index < -0.39 is 0 Å². The van der Waals surface area contributed by atoms with E-state index in [9.17, 15) is 0 Å². The zero-order valence-electron chi connectivity index (χ0n) is 14.0. The number of aryl methyl sites for hydroxylation is 1. The molecule has 3 aromatic rings. The number of rotatable bonds is 3. The molecule has 0 spiro atoms. The Labute approximate surface area is 141 Å². The van der Waals surface area contributed by atoms with E-state index in [4.69, 9.17) is 9.83 Å². The van der Waals surface area contributed by atoms with E-state index in [1.165, 1.54) is 30.2 Å². The average Bonchev–Trinajstić information content (AvgIpc) is 3.22. The fraction of sp³-hybridized carbons (Fsp3) is 0.368. The third kappa shape index (κ3) is 2.82. The lowest BCUT2D eigenvalue weighted by Crippen LogP contribution is -2.35. The van der Waals surface area contributed by atoms with Gasteiger partial charge in [-0.3, -0.25) is 5.41 Å². The predicted octanol–water partition coefficient (Wildman–Crippen LogP) is 2.92. The highest BCUT2D eigenvalue weighted by molar-refractivity contribution is 5.96. The van der Waals surface area contributed by atoms with Crippen molar-refractivity contribution in [2.24, 2.45) is 7.05 Å². The van der Waals surface area contributed by atoms with Crippen LogP contribution in [0.5, 0.6) is 0 Å². The molecule has 124 valence electrons. The standard InChI is InChI=1S/C19H23N4O/c1-21-9-6-18-15(12-21)5-10-23(18)13-17-11-16(14-24-17)19(20)22-7-3-2-4-8-22/h5-6,9-12,14,20H,2-4,7-8,13H2,1H3/q+1. The van der Waals surface area contributed by atoms with E-state index in [1.807, 2.05) is 13.1 Å². The van der Waals surface area contributed by atoms with Gasteiger partial charge in [0.2, 0.25) is 0 Å². The SMILES string of the molecule is C[n+]1ccc2c(ccn2Cc2cc(C(=N)N3CCCCC3)co2)c1. The maximum atomic E-state index is 8.40. The summed E-state index contributed by atoms with van der Waals surface area (Å²) in [6.45, 7) is 2.65. The van der Waals surface area contributed by atoms with Gasteiger partial charge in [-0.1, -0.05) is 0 Å². The Kier molecular flexibility index (Phi) is 3.84. The predicted molar refractivity (Wildman–Crippen MR) is 93.2 cm³/mol. The molecule has 0 saturated carbocycles. The summed E-state index contributed by atoms with van der Waals surface area (Å²) in [7, 11) is 2.03. The molecule has 0 aliphatic carbocycles. The summed E-state index contributed by atoms with van der Waals surface area (Å²) < 4.78 is 9.97. The highest BCUT2D eigenvalue weighted by Gasteiger charge is 2.17. The van der Waals surface area contributed by atoms with Gasteiger partial charge in [0.15, 0.2) is 12.4 Å². The van der Waals surface area contributed by atoms with Crippen LogP contribution < -0.4 is 4.57 Å². The fourth-order valence-electron chi connectivity index (χ4n) is 3.45. The van der Waals surface area contributed by atoms with Gasteiger partial charge in [0, 0.05) is 25.4 Å². The average molecular weight is 323 g/mol. The summed E-state index contributed by atoms with van der Waals surface area (Å²) in [5.41, 5.74) is 2.08. The van der Waals surface area contributed by atoms with Crippen molar-refractivity contribution in [3.8, 4) is 0 Å². The Morgan fingerprint density at radius 2 is 2.08 bits per heavy atom. The van der Waals surface area contributed by atoms with Gasteiger partial charge in [-0.15, -0.1) is 0 Å². The van der Waals surface area contributed by atoms with Crippen molar-refractivity contribution in [2.45, 2.75) is 25.8 Å². The highest BCUT2D eigenvalue weighted by atomic mass is 16.3. The van der Waals surface area contributed by atoms with Gasteiger partial charge in [-0.05, 0) is 31.4 Å². The van der Waals surface area contributed by atoms with E-state index in [0.717, 1.165) is 24.4 Å².